The van der Waals surface area contributed by atoms with Crippen LogP contribution in [0.2, 0.25) is 5.02 Å². The molecule has 1 fully saturated rings. The molecule has 0 saturated carbocycles. The van der Waals surface area contributed by atoms with E-state index >= 15 is 0 Å². The first-order chi connectivity index (χ1) is 14.4. The Labute approximate surface area is 180 Å². The number of halogens is 1. The second kappa shape index (κ2) is 8.24. The first-order valence-corrected chi connectivity index (χ1v) is 10.5. The molecule has 1 aliphatic heterocycles. The summed E-state index contributed by atoms with van der Waals surface area (Å²) >= 11 is 6.27. The molecule has 1 unspecified atom stereocenters. The van der Waals surface area contributed by atoms with Crippen molar-refractivity contribution >= 4 is 34.4 Å². The SMILES string of the molecule is CC(C)(C1CCN(C(=O)Nc2ccccn2)CC1)C(O)c1cc(Cl)cc2cn[nH]c12. The lowest BCUT2D eigenvalue weighted by molar-refractivity contribution is -0.0138. The molecular weight excluding hydrogens is 402 g/mol. The lowest BCUT2D eigenvalue weighted by atomic mass is 9.68. The summed E-state index contributed by atoms with van der Waals surface area (Å²) in [6.45, 7) is 5.42. The summed E-state index contributed by atoms with van der Waals surface area (Å²) in [6.07, 6.45) is 4.28. The highest BCUT2D eigenvalue weighted by molar-refractivity contribution is 6.31. The van der Waals surface area contributed by atoms with Crippen molar-refractivity contribution in [1.29, 1.82) is 0 Å². The van der Waals surface area contributed by atoms with Gasteiger partial charge in [0.2, 0.25) is 0 Å². The van der Waals surface area contributed by atoms with Crippen LogP contribution in [0.3, 0.4) is 0 Å². The molecule has 3 N–H and O–H groups in total. The molecule has 0 bridgehead atoms. The Bertz CT molecular complexity index is 1030. The Kier molecular flexibility index (Phi) is 5.66. The van der Waals surface area contributed by atoms with E-state index in [2.05, 4.69) is 34.3 Å². The average molecular weight is 428 g/mol. The maximum atomic E-state index is 12.5. The monoisotopic (exact) mass is 427 g/mol. The van der Waals surface area contributed by atoms with Gasteiger partial charge in [-0.25, -0.2) is 9.78 Å². The van der Waals surface area contributed by atoms with E-state index in [9.17, 15) is 9.90 Å². The maximum absolute atomic E-state index is 12.5. The number of aliphatic hydroxyl groups excluding tert-OH is 1. The van der Waals surface area contributed by atoms with Crippen LogP contribution in [0.5, 0.6) is 0 Å². The maximum Gasteiger partial charge on any atom is 0.323 e. The fourth-order valence-electron chi connectivity index (χ4n) is 4.34. The van der Waals surface area contributed by atoms with E-state index < -0.39 is 11.5 Å². The van der Waals surface area contributed by atoms with E-state index in [1.165, 1.54) is 0 Å². The van der Waals surface area contributed by atoms with Crippen molar-refractivity contribution in [2.24, 2.45) is 11.3 Å². The van der Waals surface area contributed by atoms with Crippen molar-refractivity contribution < 1.29 is 9.90 Å². The number of piperidine rings is 1. The van der Waals surface area contributed by atoms with Crippen LogP contribution >= 0.6 is 11.6 Å². The van der Waals surface area contributed by atoms with Crippen molar-refractivity contribution in [2.45, 2.75) is 32.8 Å². The van der Waals surface area contributed by atoms with Crippen molar-refractivity contribution in [3.8, 4) is 0 Å². The van der Waals surface area contributed by atoms with Crippen LogP contribution in [0.15, 0.2) is 42.7 Å². The molecule has 7 nitrogen and oxygen atoms in total. The number of benzene rings is 1. The van der Waals surface area contributed by atoms with Crippen molar-refractivity contribution in [3.05, 3.63) is 53.3 Å². The summed E-state index contributed by atoms with van der Waals surface area (Å²) in [7, 11) is 0. The number of aliphatic hydroxyl groups is 1. The number of fused-ring (bicyclic) bond motifs is 1. The second-order valence-corrected chi connectivity index (χ2v) is 8.90. The number of rotatable bonds is 4. The molecule has 0 aliphatic carbocycles. The Hall–Kier alpha value is -2.64. The van der Waals surface area contributed by atoms with E-state index in [0.717, 1.165) is 29.3 Å². The minimum atomic E-state index is -0.710. The van der Waals surface area contributed by atoms with Crippen molar-refractivity contribution in [2.75, 3.05) is 18.4 Å². The molecule has 3 aromatic rings. The fraction of sp³-hybridized carbons (Fsp3) is 0.409. The van der Waals surface area contributed by atoms with E-state index in [0.29, 0.717) is 23.9 Å². The molecule has 1 saturated heterocycles. The highest BCUT2D eigenvalue weighted by Crippen LogP contribution is 2.46. The third-order valence-corrected chi connectivity index (χ3v) is 6.50. The average Bonchev–Trinajstić information content (AvgIpc) is 3.21. The van der Waals surface area contributed by atoms with Gasteiger partial charge in [0.25, 0.3) is 0 Å². The second-order valence-electron chi connectivity index (χ2n) is 8.46. The Balaban J connectivity index is 1.44. The zero-order valence-corrected chi connectivity index (χ0v) is 17.9. The highest BCUT2D eigenvalue weighted by Gasteiger charge is 2.40. The first-order valence-electron chi connectivity index (χ1n) is 10.1. The van der Waals surface area contributed by atoms with Gasteiger partial charge >= 0.3 is 6.03 Å². The summed E-state index contributed by atoms with van der Waals surface area (Å²) in [5.74, 6) is 0.799. The normalized spacial score (nSPS) is 16.6. The predicted molar refractivity (Wildman–Crippen MR) is 117 cm³/mol. The van der Waals surface area contributed by atoms with E-state index in [1.807, 2.05) is 24.3 Å². The van der Waals surface area contributed by atoms with Gasteiger partial charge in [-0.15, -0.1) is 0 Å². The number of pyridine rings is 1. The lowest BCUT2D eigenvalue weighted by Crippen LogP contribution is -2.45. The largest absolute Gasteiger partial charge is 0.388 e. The van der Waals surface area contributed by atoms with Crippen molar-refractivity contribution in [3.63, 3.8) is 0 Å². The van der Waals surface area contributed by atoms with Gasteiger partial charge in [-0.3, -0.25) is 10.4 Å². The van der Waals surface area contributed by atoms with Gasteiger partial charge in [-0.2, -0.15) is 5.10 Å². The minimum Gasteiger partial charge on any atom is -0.388 e. The molecule has 2 aromatic heterocycles. The number of carbonyl (C=O) groups excluding carboxylic acids is 1. The van der Waals surface area contributed by atoms with Gasteiger partial charge in [0.1, 0.15) is 5.82 Å². The van der Waals surface area contributed by atoms with E-state index in [4.69, 9.17) is 11.6 Å². The Morgan fingerprint density at radius 2 is 2.10 bits per heavy atom. The number of H-pyrrole nitrogens is 1. The summed E-state index contributed by atoms with van der Waals surface area (Å²) in [5, 5.41) is 22.7. The number of likely N-dealkylation sites (tertiary alicyclic amines) is 1. The van der Waals surface area contributed by atoms with Crippen molar-refractivity contribution in [1.82, 2.24) is 20.1 Å². The summed E-state index contributed by atoms with van der Waals surface area (Å²) in [5.41, 5.74) is 1.18. The van der Waals surface area contributed by atoms with Crippen LogP contribution in [0.1, 0.15) is 38.4 Å². The molecule has 0 radical (unpaired) electrons. The molecule has 0 spiro atoms. The van der Waals surface area contributed by atoms with E-state index in [-0.39, 0.29) is 11.9 Å². The number of urea groups is 1. The zero-order chi connectivity index (χ0) is 21.3. The van der Waals surface area contributed by atoms with Gasteiger partial charge in [-0.1, -0.05) is 31.5 Å². The smallest absolute Gasteiger partial charge is 0.323 e. The van der Waals surface area contributed by atoms with Gasteiger partial charge in [-0.05, 0) is 48.4 Å². The summed E-state index contributed by atoms with van der Waals surface area (Å²) in [4.78, 5) is 18.5. The summed E-state index contributed by atoms with van der Waals surface area (Å²) < 4.78 is 0. The van der Waals surface area contributed by atoms with Crippen LogP contribution in [0.25, 0.3) is 10.9 Å². The molecular formula is C22H26ClN5O2. The predicted octanol–water partition coefficient (Wildman–Crippen LogP) is 4.62. The van der Waals surface area contributed by atoms with Gasteiger partial charge in [0, 0.05) is 35.3 Å². The molecule has 1 aliphatic rings. The standard InChI is InChI=1S/C22H26ClN5O2/c1-22(2,20(29)17-12-16(23)11-14-13-25-27-19(14)17)15-6-9-28(10-7-15)21(30)26-18-5-3-4-8-24-18/h3-5,8,11-13,15,20,29H,6-7,9-10H2,1-2H3,(H,25,27)(H,24,26,30). The number of aromatic amines is 1. The number of amides is 2. The van der Waals surface area contributed by atoms with Crippen LogP contribution in [0, 0.1) is 11.3 Å². The molecule has 4 rings (SSSR count). The molecule has 1 atom stereocenters. The third-order valence-electron chi connectivity index (χ3n) is 6.28. The Morgan fingerprint density at radius 3 is 2.80 bits per heavy atom. The van der Waals surface area contributed by atoms with Gasteiger partial charge in [0.15, 0.2) is 0 Å². The topological polar surface area (TPSA) is 94.1 Å². The quantitative estimate of drug-likeness (QED) is 0.566. The molecule has 8 heteroatoms. The number of nitrogens with one attached hydrogen (secondary N) is 2. The molecule has 158 valence electrons. The van der Waals surface area contributed by atoms with E-state index in [1.54, 1.807) is 23.4 Å². The number of nitrogens with zero attached hydrogens (tertiary/aromatic N) is 3. The van der Waals surface area contributed by atoms with Gasteiger partial charge in [0.05, 0.1) is 17.8 Å². The Morgan fingerprint density at radius 1 is 1.33 bits per heavy atom. The number of anilines is 1. The number of carbonyl (C=O) groups is 1. The molecule has 30 heavy (non-hydrogen) atoms. The number of aromatic nitrogens is 3. The fourth-order valence-corrected chi connectivity index (χ4v) is 4.57. The first kappa shape index (κ1) is 20.6. The molecule has 3 heterocycles. The highest BCUT2D eigenvalue weighted by atomic mass is 35.5. The lowest BCUT2D eigenvalue weighted by Gasteiger charge is -2.43. The van der Waals surface area contributed by atoms with Crippen LogP contribution < -0.4 is 5.32 Å². The molecule has 2 amide bonds. The molecule has 1 aromatic carbocycles. The van der Waals surface area contributed by atoms with Crippen LogP contribution in [-0.2, 0) is 0 Å². The van der Waals surface area contributed by atoms with Crippen LogP contribution in [-0.4, -0.2) is 44.3 Å². The van der Waals surface area contributed by atoms with Gasteiger partial charge < -0.3 is 10.0 Å². The third kappa shape index (κ3) is 4.00. The minimum absolute atomic E-state index is 0.139. The summed E-state index contributed by atoms with van der Waals surface area (Å²) in [6, 6.07) is 8.92. The number of hydrogen-bond donors (Lipinski definition) is 3. The number of hydrogen-bond acceptors (Lipinski definition) is 4. The van der Waals surface area contributed by atoms with Crippen LogP contribution in [0.4, 0.5) is 10.6 Å². The zero-order valence-electron chi connectivity index (χ0n) is 17.1.